The summed E-state index contributed by atoms with van der Waals surface area (Å²) in [5, 5.41) is 13.4. The standard InChI is InChI=1S/C23H27FN6O/c1-15(18-8-9-21(20(24)11-18)31-13-16-6-7-16)29-23(25-2)26-12-17-4-3-5-19(10-17)22-27-14-28-30-22/h3-5,8-11,14-16H,6-7,12-13H2,1-2H3,(H2,25,26,29)(H,27,28,30). The Morgan fingerprint density at radius 1 is 1.29 bits per heavy atom. The molecule has 2 aromatic carbocycles. The summed E-state index contributed by atoms with van der Waals surface area (Å²) in [7, 11) is 1.71. The lowest BCUT2D eigenvalue weighted by Crippen LogP contribution is -2.38. The Morgan fingerprint density at radius 3 is 2.87 bits per heavy atom. The van der Waals surface area contributed by atoms with Gasteiger partial charge in [-0.05, 0) is 55.0 Å². The molecule has 4 rings (SSSR count). The second-order valence-corrected chi connectivity index (χ2v) is 7.77. The zero-order valence-electron chi connectivity index (χ0n) is 17.7. The van der Waals surface area contributed by atoms with E-state index in [1.165, 1.54) is 25.2 Å². The molecule has 1 aliphatic rings. The molecule has 0 aliphatic heterocycles. The lowest BCUT2D eigenvalue weighted by atomic mass is 10.1. The Balaban J connectivity index is 1.33. The number of rotatable bonds is 8. The van der Waals surface area contributed by atoms with Crippen molar-refractivity contribution in [3.05, 3.63) is 65.7 Å². The highest BCUT2D eigenvalue weighted by Gasteiger charge is 2.22. The van der Waals surface area contributed by atoms with Crippen LogP contribution in [0.15, 0.2) is 53.8 Å². The predicted octanol–water partition coefficient (Wildman–Crippen LogP) is 3.83. The van der Waals surface area contributed by atoms with Crippen LogP contribution in [0.25, 0.3) is 11.4 Å². The number of hydrogen-bond donors (Lipinski definition) is 3. The molecule has 0 saturated heterocycles. The Morgan fingerprint density at radius 2 is 2.16 bits per heavy atom. The fraction of sp³-hybridized carbons (Fsp3) is 0.348. The van der Waals surface area contributed by atoms with E-state index in [1.807, 2.05) is 37.3 Å². The van der Waals surface area contributed by atoms with Gasteiger partial charge >= 0.3 is 0 Å². The molecular weight excluding hydrogens is 395 g/mol. The third-order valence-corrected chi connectivity index (χ3v) is 5.28. The lowest BCUT2D eigenvalue weighted by Gasteiger charge is -2.19. The maximum absolute atomic E-state index is 14.4. The SMILES string of the molecule is CN=C(NCc1cccc(-c2ncn[nH]2)c1)NC(C)c1ccc(OCC2CC2)c(F)c1. The molecular formula is C23H27FN6O. The molecule has 1 heterocycles. The minimum atomic E-state index is -0.334. The number of H-pyrrole nitrogens is 1. The van der Waals surface area contributed by atoms with Crippen molar-refractivity contribution < 1.29 is 9.13 Å². The van der Waals surface area contributed by atoms with Crippen molar-refractivity contribution in [3.8, 4) is 17.1 Å². The average Bonchev–Trinajstić information content (AvgIpc) is 3.45. The summed E-state index contributed by atoms with van der Waals surface area (Å²) in [6, 6.07) is 13.0. The zero-order valence-corrected chi connectivity index (χ0v) is 17.7. The predicted molar refractivity (Wildman–Crippen MR) is 118 cm³/mol. The number of hydrogen-bond acceptors (Lipinski definition) is 4. The van der Waals surface area contributed by atoms with Gasteiger partial charge in [0.1, 0.15) is 6.33 Å². The van der Waals surface area contributed by atoms with E-state index < -0.39 is 0 Å². The molecule has 3 aromatic rings. The van der Waals surface area contributed by atoms with Crippen LogP contribution in [0.1, 0.15) is 36.9 Å². The van der Waals surface area contributed by atoms with E-state index in [9.17, 15) is 4.39 Å². The summed E-state index contributed by atoms with van der Waals surface area (Å²) in [6.45, 7) is 3.14. The summed E-state index contributed by atoms with van der Waals surface area (Å²) < 4.78 is 20.0. The van der Waals surface area contributed by atoms with Crippen LogP contribution in [0.4, 0.5) is 4.39 Å². The summed E-state index contributed by atoms with van der Waals surface area (Å²) in [5.74, 6) is 1.93. The van der Waals surface area contributed by atoms with Crippen LogP contribution in [0.2, 0.25) is 0 Å². The molecule has 0 spiro atoms. The van der Waals surface area contributed by atoms with Gasteiger partial charge in [-0.2, -0.15) is 5.10 Å². The molecule has 7 nitrogen and oxygen atoms in total. The Labute approximate surface area is 181 Å². The first kappa shape index (κ1) is 20.8. The average molecular weight is 423 g/mol. The molecule has 1 aliphatic carbocycles. The Kier molecular flexibility index (Phi) is 6.45. The molecule has 8 heteroatoms. The minimum Gasteiger partial charge on any atom is -0.490 e. The lowest BCUT2D eigenvalue weighted by molar-refractivity contribution is 0.285. The maximum Gasteiger partial charge on any atom is 0.191 e. The van der Waals surface area contributed by atoms with Crippen LogP contribution in [0.5, 0.6) is 5.75 Å². The van der Waals surface area contributed by atoms with E-state index >= 15 is 0 Å². The third-order valence-electron chi connectivity index (χ3n) is 5.28. The molecule has 3 N–H and O–H groups in total. The fourth-order valence-corrected chi connectivity index (χ4v) is 3.24. The van der Waals surface area contributed by atoms with Gasteiger partial charge in [0.25, 0.3) is 0 Å². The number of aromatic nitrogens is 3. The zero-order chi connectivity index (χ0) is 21.6. The topological polar surface area (TPSA) is 87.2 Å². The second-order valence-electron chi connectivity index (χ2n) is 7.77. The van der Waals surface area contributed by atoms with Gasteiger partial charge < -0.3 is 15.4 Å². The van der Waals surface area contributed by atoms with Crippen LogP contribution in [0.3, 0.4) is 0 Å². The van der Waals surface area contributed by atoms with Crippen molar-refractivity contribution >= 4 is 5.96 Å². The molecule has 162 valence electrons. The van der Waals surface area contributed by atoms with Gasteiger partial charge in [-0.25, -0.2) is 9.37 Å². The fourth-order valence-electron chi connectivity index (χ4n) is 3.24. The second kappa shape index (κ2) is 9.59. The molecule has 1 aromatic heterocycles. The molecule has 1 atom stereocenters. The van der Waals surface area contributed by atoms with Gasteiger partial charge in [0.05, 0.1) is 12.6 Å². The maximum atomic E-state index is 14.4. The monoisotopic (exact) mass is 422 g/mol. The Bertz CT molecular complexity index is 1030. The third kappa shape index (κ3) is 5.59. The number of guanidine groups is 1. The van der Waals surface area contributed by atoms with E-state index in [1.54, 1.807) is 13.1 Å². The highest BCUT2D eigenvalue weighted by molar-refractivity contribution is 5.80. The van der Waals surface area contributed by atoms with E-state index in [4.69, 9.17) is 4.74 Å². The number of nitrogens with one attached hydrogen (secondary N) is 3. The van der Waals surface area contributed by atoms with E-state index in [-0.39, 0.29) is 11.9 Å². The first-order valence-electron chi connectivity index (χ1n) is 10.5. The van der Waals surface area contributed by atoms with Crippen molar-refractivity contribution in [3.63, 3.8) is 0 Å². The van der Waals surface area contributed by atoms with Gasteiger partial charge in [-0.3, -0.25) is 10.1 Å². The molecule has 1 saturated carbocycles. The van der Waals surface area contributed by atoms with Gasteiger partial charge in [0.15, 0.2) is 23.4 Å². The summed E-state index contributed by atoms with van der Waals surface area (Å²) in [5.41, 5.74) is 2.87. The molecule has 0 radical (unpaired) electrons. The van der Waals surface area contributed by atoms with E-state index in [2.05, 4.69) is 30.8 Å². The summed E-state index contributed by atoms with van der Waals surface area (Å²) in [6.07, 6.45) is 3.84. The van der Waals surface area contributed by atoms with Crippen LogP contribution < -0.4 is 15.4 Å². The van der Waals surface area contributed by atoms with Crippen LogP contribution in [0, 0.1) is 11.7 Å². The van der Waals surface area contributed by atoms with Crippen molar-refractivity contribution in [1.29, 1.82) is 0 Å². The van der Waals surface area contributed by atoms with Crippen molar-refractivity contribution in [2.75, 3.05) is 13.7 Å². The number of aromatic amines is 1. The highest BCUT2D eigenvalue weighted by atomic mass is 19.1. The molecule has 0 amide bonds. The van der Waals surface area contributed by atoms with Gasteiger partial charge in [0.2, 0.25) is 0 Å². The molecule has 1 unspecified atom stereocenters. The first-order chi connectivity index (χ1) is 15.1. The largest absolute Gasteiger partial charge is 0.490 e. The highest BCUT2D eigenvalue weighted by Crippen LogP contribution is 2.30. The van der Waals surface area contributed by atoms with Crippen LogP contribution >= 0.6 is 0 Å². The van der Waals surface area contributed by atoms with Gasteiger partial charge in [-0.15, -0.1) is 0 Å². The van der Waals surface area contributed by atoms with Crippen molar-refractivity contribution in [1.82, 2.24) is 25.8 Å². The summed E-state index contributed by atoms with van der Waals surface area (Å²) in [4.78, 5) is 8.47. The molecule has 1 fully saturated rings. The van der Waals surface area contributed by atoms with Crippen molar-refractivity contribution in [2.24, 2.45) is 10.9 Å². The smallest absolute Gasteiger partial charge is 0.191 e. The Hall–Kier alpha value is -3.42. The first-order valence-corrected chi connectivity index (χ1v) is 10.5. The quantitative estimate of drug-likeness (QED) is 0.379. The number of benzene rings is 2. The molecule has 31 heavy (non-hydrogen) atoms. The number of ether oxygens (including phenoxy) is 1. The summed E-state index contributed by atoms with van der Waals surface area (Å²) >= 11 is 0. The van der Waals surface area contributed by atoms with Gasteiger partial charge in [-0.1, -0.05) is 24.3 Å². The van der Waals surface area contributed by atoms with E-state index in [0.717, 1.165) is 22.5 Å². The number of aliphatic imine (C=N–C) groups is 1. The van der Waals surface area contributed by atoms with Gasteiger partial charge in [0, 0.05) is 19.2 Å². The molecule has 0 bridgehead atoms. The van der Waals surface area contributed by atoms with Crippen LogP contribution in [-0.2, 0) is 6.54 Å². The number of nitrogens with zero attached hydrogens (tertiary/aromatic N) is 3. The van der Waals surface area contributed by atoms with Crippen LogP contribution in [-0.4, -0.2) is 34.8 Å². The normalized spacial score (nSPS) is 14.9. The number of halogens is 1. The van der Waals surface area contributed by atoms with E-state index in [0.29, 0.717) is 30.8 Å². The van der Waals surface area contributed by atoms with Crippen molar-refractivity contribution in [2.45, 2.75) is 32.4 Å². The minimum absolute atomic E-state index is 0.126.